The number of H-pyrrole nitrogens is 1. The van der Waals surface area contributed by atoms with Crippen LogP contribution in [0.25, 0.3) is 11.6 Å². The van der Waals surface area contributed by atoms with Crippen molar-refractivity contribution in [1.82, 2.24) is 15.2 Å². The van der Waals surface area contributed by atoms with Gasteiger partial charge in [0.1, 0.15) is 0 Å². The summed E-state index contributed by atoms with van der Waals surface area (Å²) < 4.78 is 0. The highest BCUT2D eigenvalue weighted by molar-refractivity contribution is 6.35. The topological polar surface area (TPSA) is 132 Å². The lowest BCUT2D eigenvalue weighted by atomic mass is 9.94. The number of primary amides is 1. The van der Waals surface area contributed by atoms with Crippen molar-refractivity contribution in [2.45, 2.75) is 6.04 Å². The second-order valence-corrected chi connectivity index (χ2v) is 7.77. The zero-order valence-corrected chi connectivity index (χ0v) is 16.8. The van der Waals surface area contributed by atoms with Crippen LogP contribution in [0.2, 0.25) is 0 Å². The van der Waals surface area contributed by atoms with Crippen molar-refractivity contribution in [3.05, 3.63) is 47.3 Å². The van der Waals surface area contributed by atoms with E-state index in [1.54, 1.807) is 36.5 Å². The third-order valence-corrected chi connectivity index (χ3v) is 5.54. The summed E-state index contributed by atoms with van der Waals surface area (Å²) in [7, 11) is 3.95. The molecule has 2 aromatic rings. The second-order valence-electron chi connectivity index (χ2n) is 7.77. The standard InChI is InChI=1S/C21H24N6O3/c1-27(2)18-10-23-9-16(18)19(28)11-5-13(24-8-11)7-15-14-6-12(25-21(22)30)3-4-17(14)26-20(15)29/h3-8,16,18,23-24H,9-10H2,1-2H3,(H,26,29)(H3,22,25,30)/t16?,18-/m1/s1. The lowest BCUT2D eigenvalue weighted by Crippen LogP contribution is -2.38. The van der Waals surface area contributed by atoms with E-state index in [4.69, 9.17) is 5.73 Å². The molecule has 3 amide bonds. The van der Waals surface area contributed by atoms with Gasteiger partial charge in [0, 0.05) is 53.5 Å². The number of hydrogen-bond donors (Lipinski definition) is 5. The first-order chi connectivity index (χ1) is 14.3. The molecule has 1 aromatic heterocycles. The highest BCUT2D eigenvalue weighted by atomic mass is 16.2. The molecule has 1 fully saturated rings. The van der Waals surface area contributed by atoms with Gasteiger partial charge in [-0.3, -0.25) is 9.59 Å². The first-order valence-corrected chi connectivity index (χ1v) is 9.67. The number of Topliss-reactive ketones (excluding diaryl/α,β-unsaturated/α-hetero) is 1. The Balaban J connectivity index is 1.60. The molecular formula is C21H24N6O3. The van der Waals surface area contributed by atoms with E-state index in [1.807, 2.05) is 14.1 Å². The minimum Gasteiger partial charge on any atom is -0.361 e. The Hall–Kier alpha value is -3.43. The van der Waals surface area contributed by atoms with E-state index in [0.717, 1.165) is 6.54 Å². The van der Waals surface area contributed by atoms with Gasteiger partial charge in [0.15, 0.2) is 5.78 Å². The van der Waals surface area contributed by atoms with Crippen LogP contribution in [-0.4, -0.2) is 60.8 Å². The van der Waals surface area contributed by atoms with Crippen molar-refractivity contribution in [2.75, 3.05) is 37.8 Å². The van der Waals surface area contributed by atoms with Crippen LogP contribution < -0.4 is 21.7 Å². The van der Waals surface area contributed by atoms with Gasteiger partial charge < -0.3 is 31.6 Å². The van der Waals surface area contributed by atoms with Crippen LogP contribution in [0.3, 0.4) is 0 Å². The number of fused-ring (bicyclic) bond motifs is 1. The highest BCUT2D eigenvalue weighted by Crippen LogP contribution is 2.35. The Morgan fingerprint density at radius 1 is 1.23 bits per heavy atom. The predicted octanol–water partition coefficient (Wildman–Crippen LogP) is 1.33. The van der Waals surface area contributed by atoms with E-state index < -0.39 is 6.03 Å². The molecule has 3 heterocycles. The molecule has 156 valence electrons. The summed E-state index contributed by atoms with van der Waals surface area (Å²) in [6.07, 6.45) is 3.38. The number of amides is 3. The van der Waals surface area contributed by atoms with Crippen LogP contribution in [0.5, 0.6) is 0 Å². The average Bonchev–Trinajstić information content (AvgIpc) is 3.41. The number of ketones is 1. The number of nitrogens with zero attached hydrogens (tertiary/aromatic N) is 1. The smallest absolute Gasteiger partial charge is 0.316 e. The molecule has 0 aliphatic carbocycles. The van der Waals surface area contributed by atoms with E-state index in [1.165, 1.54) is 0 Å². The maximum atomic E-state index is 13.0. The number of likely N-dealkylation sites (N-methyl/N-ethyl adjacent to an activating group) is 1. The number of carbonyl (C=O) groups excluding carboxylic acids is 3. The molecule has 30 heavy (non-hydrogen) atoms. The fourth-order valence-corrected chi connectivity index (χ4v) is 4.03. The van der Waals surface area contributed by atoms with Crippen molar-refractivity contribution < 1.29 is 14.4 Å². The number of carbonyl (C=O) groups is 3. The van der Waals surface area contributed by atoms with Gasteiger partial charge >= 0.3 is 6.03 Å². The molecular weight excluding hydrogens is 384 g/mol. The molecule has 2 aliphatic rings. The van der Waals surface area contributed by atoms with Crippen LogP contribution in [0, 0.1) is 5.92 Å². The van der Waals surface area contributed by atoms with Crippen LogP contribution >= 0.6 is 0 Å². The molecule has 9 heteroatoms. The van der Waals surface area contributed by atoms with Gasteiger partial charge in [-0.2, -0.15) is 0 Å². The number of aromatic nitrogens is 1. The Bertz CT molecular complexity index is 1050. The fourth-order valence-electron chi connectivity index (χ4n) is 4.03. The van der Waals surface area contributed by atoms with E-state index in [2.05, 4.69) is 25.8 Å². The Morgan fingerprint density at radius 2 is 2.03 bits per heavy atom. The molecule has 4 rings (SSSR count). The predicted molar refractivity (Wildman–Crippen MR) is 115 cm³/mol. The molecule has 1 aromatic carbocycles. The highest BCUT2D eigenvalue weighted by Gasteiger charge is 2.35. The van der Waals surface area contributed by atoms with Crippen molar-refractivity contribution in [3.8, 4) is 0 Å². The van der Waals surface area contributed by atoms with Gasteiger partial charge in [-0.25, -0.2) is 4.79 Å². The van der Waals surface area contributed by atoms with Gasteiger partial charge in [-0.05, 0) is 44.4 Å². The monoisotopic (exact) mass is 408 g/mol. The molecule has 0 bridgehead atoms. The average molecular weight is 408 g/mol. The van der Waals surface area contributed by atoms with Gasteiger partial charge in [0.05, 0.1) is 11.5 Å². The number of rotatable bonds is 5. The van der Waals surface area contributed by atoms with Crippen molar-refractivity contribution in [2.24, 2.45) is 11.7 Å². The number of nitrogens with two attached hydrogens (primary N) is 1. The summed E-state index contributed by atoms with van der Waals surface area (Å²) in [6.45, 7) is 1.43. The van der Waals surface area contributed by atoms with Crippen LogP contribution in [-0.2, 0) is 4.79 Å². The number of urea groups is 1. The second kappa shape index (κ2) is 7.77. The summed E-state index contributed by atoms with van der Waals surface area (Å²) in [4.78, 5) is 41.7. The number of nitrogens with one attached hydrogen (secondary N) is 4. The Labute approximate surface area is 173 Å². The molecule has 0 spiro atoms. The molecule has 1 unspecified atom stereocenters. The zero-order valence-electron chi connectivity index (χ0n) is 16.8. The summed E-state index contributed by atoms with van der Waals surface area (Å²) >= 11 is 0. The lowest BCUT2D eigenvalue weighted by Gasteiger charge is -2.23. The molecule has 0 radical (unpaired) electrons. The van der Waals surface area contributed by atoms with Gasteiger partial charge in [-0.15, -0.1) is 0 Å². The SMILES string of the molecule is CN(C)[C@@H]1CNCC1C(=O)c1c[nH]c(C=C2C(=O)Nc3ccc(NC(N)=O)cc32)c1. The van der Waals surface area contributed by atoms with Crippen molar-refractivity contribution >= 4 is 40.7 Å². The Morgan fingerprint density at radius 3 is 2.77 bits per heavy atom. The molecule has 1 saturated heterocycles. The fraction of sp³-hybridized carbons (Fsp3) is 0.286. The normalized spacial score (nSPS) is 21.7. The molecule has 2 atom stereocenters. The summed E-state index contributed by atoms with van der Waals surface area (Å²) in [5.41, 5.74) is 8.65. The first-order valence-electron chi connectivity index (χ1n) is 9.67. The lowest BCUT2D eigenvalue weighted by molar-refractivity contribution is -0.110. The number of hydrogen-bond acceptors (Lipinski definition) is 5. The third-order valence-electron chi connectivity index (χ3n) is 5.54. The number of benzene rings is 1. The van der Waals surface area contributed by atoms with Gasteiger partial charge in [0.2, 0.25) is 0 Å². The van der Waals surface area contributed by atoms with Crippen molar-refractivity contribution in [1.29, 1.82) is 0 Å². The van der Waals surface area contributed by atoms with Crippen molar-refractivity contribution in [3.63, 3.8) is 0 Å². The van der Waals surface area contributed by atoms with Crippen LogP contribution in [0.4, 0.5) is 16.2 Å². The van der Waals surface area contributed by atoms with E-state index >= 15 is 0 Å². The molecule has 2 aliphatic heterocycles. The summed E-state index contributed by atoms with van der Waals surface area (Å²) in [5.74, 6) is -0.297. The molecule has 9 nitrogen and oxygen atoms in total. The Kier molecular flexibility index (Phi) is 5.15. The number of anilines is 2. The minimum absolute atomic E-state index is 0.0730. The number of aromatic amines is 1. The summed E-state index contributed by atoms with van der Waals surface area (Å²) in [6, 6.07) is 6.29. The quantitative estimate of drug-likeness (QED) is 0.376. The minimum atomic E-state index is -0.678. The third kappa shape index (κ3) is 3.72. The molecule has 0 saturated carbocycles. The molecule has 6 N–H and O–H groups in total. The van der Waals surface area contributed by atoms with E-state index in [9.17, 15) is 14.4 Å². The van der Waals surface area contributed by atoms with Gasteiger partial charge in [-0.1, -0.05) is 0 Å². The summed E-state index contributed by atoms with van der Waals surface area (Å²) in [5, 5.41) is 8.58. The largest absolute Gasteiger partial charge is 0.361 e. The van der Waals surface area contributed by atoms with E-state index in [-0.39, 0.29) is 23.7 Å². The maximum absolute atomic E-state index is 13.0. The maximum Gasteiger partial charge on any atom is 0.316 e. The zero-order chi connectivity index (χ0) is 21.4. The van der Waals surface area contributed by atoms with E-state index in [0.29, 0.717) is 40.3 Å². The first kappa shape index (κ1) is 19.9. The van der Waals surface area contributed by atoms with Crippen LogP contribution in [0.15, 0.2) is 30.5 Å². The van der Waals surface area contributed by atoms with Gasteiger partial charge in [0.25, 0.3) is 5.91 Å². The van der Waals surface area contributed by atoms with Crippen LogP contribution in [0.1, 0.15) is 21.6 Å².